The second kappa shape index (κ2) is 8.86. The van der Waals surface area contributed by atoms with Crippen molar-refractivity contribution in [1.29, 1.82) is 5.26 Å². The fourth-order valence-electron chi connectivity index (χ4n) is 3.00. The van der Waals surface area contributed by atoms with Crippen LogP contribution in [0.15, 0.2) is 36.5 Å². The Morgan fingerprint density at radius 1 is 1.34 bits per heavy atom. The molecule has 0 radical (unpaired) electrons. The third-order valence-corrected chi connectivity index (χ3v) is 4.76. The van der Waals surface area contributed by atoms with Gasteiger partial charge in [-0.2, -0.15) is 23.5 Å². The van der Waals surface area contributed by atoms with E-state index in [1.807, 2.05) is 6.07 Å². The summed E-state index contributed by atoms with van der Waals surface area (Å²) in [7, 11) is 1.38. The Labute approximate surface area is 185 Å². The fourth-order valence-corrected chi connectivity index (χ4v) is 3.20. The molecule has 8 nitrogen and oxygen atoms in total. The Morgan fingerprint density at radius 3 is 2.66 bits per heavy atom. The van der Waals surface area contributed by atoms with E-state index in [-0.39, 0.29) is 33.3 Å². The number of nitrogens with zero attached hydrogens (tertiary/aromatic N) is 4. The van der Waals surface area contributed by atoms with Crippen molar-refractivity contribution in [2.24, 2.45) is 0 Å². The smallest absolute Gasteiger partial charge is 0.368 e. The molecule has 0 aliphatic heterocycles. The number of nitrogens with one attached hydrogen (secondary N) is 2. The lowest BCUT2D eigenvalue weighted by molar-refractivity contribution is -0.141. The molecule has 3 rings (SSSR count). The molecule has 32 heavy (non-hydrogen) atoms. The van der Waals surface area contributed by atoms with Crippen LogP contribution in [0, 0.1) is 18.3 Å². The molecule has 0 aliphatic carbocycles. The normalized spacial score (nSPS) is 12.2. The highest BCUT2D eigenvalue weighted by molar-refractivity contribution is 6.32. The maximum Gasteiger partial charge on any atom is 0.435 e. The highest BCUT2D eigenvalue weighted by Gasteiger charge is 2.36. The van der Waals surface area contributed by atoms with Crippen molar-refractivity contribution in [3.8, 4) is 11.9 Å². The number of hydrogen-bond donors (Lipinski definition) is 3. The fraction of sp³-hybridized carbons (Fsp3) is 0.200. The van der Waals surface area contributed by atoms with E-state index in [1.165, 1.54) is 37.5 Å². The van der Waals surface area contributed by atoms with Gasteiger partial charge in [-0.05, 0) is 42.8 Å². The van der Waals surface area contributed by atoms with Crippen molar-refractivity contribution in [3.63, 3.8) is 0 Å². The maximum atomic E-state index is 13.3. The monoisotopic (exact) mass is 464 g/mol. The van der Waals surface area contributed by atoms with Crippen LogP contribution in [0.4, 0.5) is 18.9 Å². The molecule has 3 aromatic rings. The lowest BCUT2D eigenvalue weighted by Crippen LogP contribution is -2.23. The van der Waals surface area contributed by atoms with Crippen LogP contribution in [0.2, 0.25) is 5.02 Å². The number of alkyl halides is 3. The summed E-state index contributed by atoms with van der Waals surface area (Å²) in [6.45, 7) is 1.58. The lowest BCUT2D eigenvalue weighted by Gasteiger charge is -2.20. The van der Waals surface area contributed by atoms with Crippen molar-refractivity contribution < 1.29 is 23.1 Å². The molecule has 0 saturated carbocycles. The number of nitriles is 1. The Bertz CT molecular complexity index is 1220. The zero-order valence-corrected chi connectivity index (χ0v) is 17.5. The Hall–Kier alpha value is -3.62. The average Bonchev–Trinajstić information content (AvgIpc) is 3.20. The Balaban J connectivity index is 2.12. The molecule has 0 aliphatic rings. The first-order valence-corrected chi connectivity index (χ1v) is 9.44. The number of hydrogen-bond acceptors (Lipinski definition) is 6. The van der Waals surface area contributed by atoms with Gasteiger partial charge in [0, 0.05) is 13.2 Å². The third kappa shape index (κ3) is 4.51. The van der Waals surface area contributed by atoms with Gasteiger partial charge in [-0.3, -0.25) is 4.79 Å². The summed E-state index contributed by atoms with van der Waals surface area (Å²) in [5.41, 5.74) is -0.807. The largest absolute Gasteiger partial charge is 0.435 e. The van der Waals surface area contributed by atoms with E-state index >= 15 is 0 Å². The number of amides is 1. The van der Waals surface area contributed by atoms with Gasteiger partial charge in [0.15, 0.2) is 17.7 Å². The van der Waals surface area contributed by atoms with Crippen LogP contribution in [0.1, 0.15) is 39.1 Å². The minimum Gasteiger partial charge on any atom is -0.368 e. The van der Waals surface area contributed by atoms with Crippen LogP contribution >= 0.6 is 11.6 Å². The summed E-state index contributed by atoms with van der Waals surface area (Å²) in [6, 6.07) is 8.25. The second-order valence-corrected chi connectivity index (χ2v) is 7.03. The van der Waals surface area contributed by atoms with Gasteiger partial charge in [0.05, 0.1) is 33.6 Å². The maximum absolute atomic E-state index is 13.3. The number of carbonyl (C=O) groups is 1. The van der Waals surface area contributed by atoms with Gasteiger partial charge in [-0.25, -0.2) is 9.67 Å². The molecule has 1 atom stereocenters. The molecule has 0 fully saturated rings. The van der Waals surface area contributed by atoms with Crippen molar-refractivity contribution in [1.82, 2.24) is 20.1 Å². The molecule has 1 unspecified atom stereocenters. The second-order valence-electron chi connectivity index (χ2n) is 6.63. The molecule has 12 heteroatoms. The summed E-state index contributed by atoms with van der Waals surface area (Å²) in [4.78, 5) is 16.3. The van der Waals surface area contributed by atoms with E-state index in [0.717, 1.165) is 4.68 Å². The molecule has 2 aromatic heterocycles. The lowest BCUT2D eigenvalue weighted by atomic mass is 10.0. The first kappa shape index (κ1) is 23.1. The highest BCUT2D eigenvalue weighted by Crippen LogP contribution is 2.33. The summed E-state index contributed by atoms with van der Waals surface area (Å²) < 4.78 is 40.8. The molecule has 0 saturated heterocycles. The zero-order chi connectivity index (χ0) is 23.6. The number of halogens is 4. The number of rotatable bonds is 5. The summed E-state index contributed by atoms with van der Waals surface area (Å²) >= 11 is 6.07. The number of carbonyl (C=O) groups excluding carboxylic acids is 1. The van der Waals surface area contributed by atoms with Crippen LogP contribution in [0.5, 0.6) is 0 Å². The third-order valence-electron chi connectivity index (χ3n) is 4.46. The molecular formula is C20H16ClF3N6O2. The number of anilines is 1. The number of aliphatic hydroxyl groups excluding tert-OH is 1. The van der Waals surface area contributed by atoms with Gasteiger partial charge in [0.1, 0.15) is 0 Å². The van der Waals surface area contributed by atoms with Crippen molar-refractivity contribution >= 4 is 23.2 Å². The number of pyridine rings is 1. The molecule has 3 N–H and O–H groups in total. The average molecular weight is 465 g/mol. The molecular weight excluding hydrogens is 449 g/mol. The topological polar surface area (TPSA) is 116 Å². The predicted octanol–water partition coefficient (Wildman–Crippen LogP) is 3.58. The minimum atomic E-state index is -4.79. The van der Waals surface area contributed by atoms with Crippen molar-refractivity contribution in [3.05, 3.63) is 69.6 Å². The minimum absolute atomic E-state index is 0.0124. The quantitative estimate of drug-likeness (QED) is 0.497. The van der Waals surface area contributed by atoms with Crippen molar-refractivity contribution in [2.75, 3.05) is 12.4 Å². The van der Waals surface area contributed by atoms with Gasteiger partial charge in [0.25, 0.3) is 5.91 Å². The molecule has 0 spiro atoms. The van der Waals surface area contributed by atoms with Crippen LogP contribution in [0.25, 0.3) is 5.82 Å². The predicted molar refractivity (Wildman–Crippen MR) is 109 cm³/mol. The van der Waals surface area contributed by atoms with Gasteiger partial charge in [0.2, 0.25) is 0 Å². The molecule has 0 bridgehead atoms. The van der Waals surface area contributed by atoms with Crippen LogP contribution < -0.4 is 10.6 Å². The Morgan fingerprint density at radius 2 is 2.06 bits per heavy atom. The number of benzene rings is 1. The van der Waals surface area contributed by atoms with Crippen LogP contribution in [-0.2, 0) is 6.18 Å². The standard InChI is InChI=1S/C20H16ClF3N6O2/c1-10-6-11(9-25)7-12(18(31)26-2)16(10)28-19(32)14-8-15(20(22,23)24)29-30(14)17-13(21)4-3-5-27-17/h3-8,19,28,32H,1-2H3,(H,26,31). The molecule has 2 heterocycles. The van der Waals surface area contributed by atoms with E-state index in [0.29, 0.717) is 11.6 Å². The van der Waals surface area contributed by atoms with Gasteiger partial charge in [-0.1, -0.05) is 11.6 Å². The van der Waals surface area contributed by atoms with E-state index in [1.54, 1.807) is 6.92 Å². The van der Waals surface area contributed by atoms with Crippen LogP contribution in [0.3, 0.4) is 0 Å². The van der Waals surface area contributed by atoms with Gasteiger partial charge in [-0.15, -0.1) is 0 Å². The first-order valence-electron chi connectivity index (χ1n) is 9.06. The SMILES string of the molecule is CNC(=O)c1cc(C#N)cc(C)c1NC(O)c1cc(C(F)(F)F)nn1-c1ncccc1Cl. The molecule has 1 amide bonds. The number of aryl methyl sites for hydroxylation is 1. The molecule has 166 valence electrons. The molecule has 1 aromatic carbocycles. The van der Waals surface area contributed by atoms with Crippen LogP contribution in [-0.4, -0.2) is 32.8 Å². The van der Waals surface area contributed by atoms with E-state index in [2.05, 4.69) is 20.7 Å². The van der Waals surface area contributed by atoms with E-state index in [4.69, 9.17) is 11.6 Å². The number of aromatic nitrogens is 3. The van der Waals surface area contributed by atoms with Gasteiger partial charge >= 0.3 is 6.18 Å². The summed E-state index contributed by atoms with van der Waals surface area (Å²) in [6.07, 6.45) is -5.22. The van der Waals surface area contributed by atoms with E-state index < -0.39 is 24.0 Å². The van der Waals surface area contributed by atoms with Gasteiger partial charge < -0.3 is 15.7 Å². The van der Waals surface area contributed by atoms with Crippen molar-refractivity contribution in [2.45, 2.75) is 19.3 Å². The zero-order valence-electron chi connectivity index (χ0n) is 16.7. The van der Waals surface area contributed by atoms with E-state index in [9.17, 15) is 28.3 Å². The summed E-state index contributed by atoms with van der Waals surface area (Å²) in [5.74, 6) is -0.680. The first-order chi connectivity index (χ1) is 15.1. The summed E-state index contributed by atoms with van der Waals surface area (Å²) in [5, 5.41) is 28.6. The number of aliphatic hydroxyl groups is 1. The Kier molecular flexibility index (Phi) is 6.38. The highest BCUT2D eigenvalue weighted by atomic mass is 35.5.